The number of carbonyl (C=O) groups excluding carboxylic acids is 2. The number of carbonyl (C=O) groups is 2. The molecule has 0 spiro atoms. The third-order valence-electron chi connectivity index (χ3n) is 2.88. The Kier molecular flexibility index (Phi) is 4.07. The van der Waals surface area contributed by atoms with Gasteiger partial charge in [0, 0.05) is 18.2 Å². The standard InChI is InChI=1S/C13H14ClNO2S/c1-2-3-7-18-13(14)8-10(16)9-5-4-6-15-11(9)12(13)17/h4-6H,2-3,7-8H2,1H3. The molecule has 0 saturated carbocycles. The molecule has 96 valence electrons. The Morgan fingerprint density at radius 2 is 2.28 bits per heavy atom. The van der Waals surface area contributed by atoms with Gasteiger partial charge in [0.25, 0.3) is 0 Å². The molecule has 1 aliphatic rings. The van der Waals surface area contributed by atoms with Crippen LogP contribution >= 0.6 is 23.4 Å². The van der Waals surface area contributed by atoms with Crippen LogP contribution in [0.5, 0.6) is 0 Å². The van der Waals surface area contributed by atoms with Crippen LogP contribution in [0.2, 0.25) is 0 Å². The number of hydrogen-bond acceptors (Lipinski definition) is 4. The van der Waals surface area contributed by atoms with E-state index in [0.717, 1.165) is 18.6 Å². The molecule has 0 radical (unpaired) electrons. The predicted octanol–water partition coefficient (Wildman–Crippen LogP) is 3.32. The van der Waals surface area contributed by atoms with Crippen molar-refractivity contribution in [1.82, 2.24) is 4.98 Å². The predicted molar refractivity (Wildman–Crippen MR) is 73.5 cm³/mol. The average Bonchev–Trinajstić information content (AvgIpc) is 2.37. The van der Waals surface area contributed by atoms with Gasteiger partial charge in [-0.2, -0.15) is 0 Å². The maximum absolute atomic E-state index is 12.3. The van der Waals surface area contributed by atoms with E-state index in [-0.39, 0.29) is 23.7 Å². The molecule has 0 amide bonds. The summed E-state index contributed by atoms with van der Waals surface area (Å²) in [5.41, 5.74) is 0.614. The summed E-state index contributed by atoms with van der Waals surface area (Å²) in [6, 6.07) is 3.30. The van der Waals surface area contributed by atoms with Gasteiger partial charge in [0.05, 0.1) is 0 Å². The van der Waals surface area contributed by atoms with E-state index >= 15 is 0 Å². The largest absolute Gasteiger partial charge is 0.294 e. The number of thioether (sulfide) groups is 1. The zero-order valence-electron chi connectivity index (χ0n) is 10.1. The molecule has 1 atom stereocenters. The van der Waals surface area contributed by atoms with Crippen LogP contribution in [0.25, 0.3) is 0 Å². The number of unbranched alkanes of at least 4 members (excludes halogenated alkanes) is 1. The molecule has 1 aliphatic carbocycles. The van der Waals surface area contributed by atoms with E-state index in [2.05, 4.69) is 11.9 Å². The minimum Gasteiger partial charge on any atom is -0.294 e. The number of rotatable bonds is 4. The molecule has 0 fully saturated rings. The number of pyridine rings is 1. The summed E-state index contributed by atoms with van der Waals surface area (Å²) in [5.74, 6) is 0.443. The number of hydrogen-bond donors (Lipinski definition) is 0. The van der Waals surface area contributed by atoms with Gasteiger partial charge in [0.2, 0.25) is 5.78 Å². The van der Waals surface area contributed by atoms with Gasteiger partial charge >= 0.3 is 0 Å². The van der Waals surface area contributed by atoms with Crippen molar-refractivity contribution in [1.29, 1.82) is 0 Å². The minimum atomic E-state index is -1.16. The van der Waals surface area contributed by atoms with Gasteiger partial charge < -0.3 is 0 Å². The molecule has 2 rings (SSSR count). The summed E-state index contributed by atoms with van der Waals surface area (Å²) < 4.78 is -1.16. The Balaban J connectivity index is 2.27. The van der Waals surface area contributed by atoms with Crippen LogP contribution < -0.4 is 0 Å². The van der Waals surface area contributed by atoms with Gasteiger partial charge in [-0.3, -0.25) is 14.6 Å². The molecule has 1 aromatic rings. The van der Waals surface area contributed by atoms with Crippen molar-refractivity contribution in [3.8, 4) is 0 Å². The molecule has 3 nitrogen and oxygen atoms in total. The van der Waals surface area contributed by atoms with E-state index in [0.29, 0.717) is 5.56 Å². The normalized spacial score (nSPS) is 23.0. The van der Waals surface area contributed by atoms with Crippen LogP contribution in [0.1, 0.15) is 47.0 Å². The highest BCUT2D eigenvalue weighted by Crippen LogP contribution is 2.41. The van der Waals surface area contributed by atoms with Crippen LogP contribution in [0.4, 0.5) is 0 Å². The van der Waals surface area contributed by atoms with E-state index in [1.54, 1.807) is 12.1 Å². The van der Waals surface area contributed by atoms with Crippen LogP contribution in [-0.2, 0) is 0 Å². The Bertz CT molecular complexity index is 492. The zero-order valence-corrected chi connectivity index (χ0v) is 11.7. The molecule has 18 heavy (non-hydrogen) atoms. The summed E-state index contributed by atoms with van der Waals surface area (Å²) in [4.78, 5) is 28.3. The molecule has 0 N–H and O–H groups in total. The quantitative estimate of drug-likeness (QED) is 0.628. The highest BCUT2D eigenvalue weighted by atomic mass is 35.5. The third-order valence-corrected chi connectivity index (χ3v) is 4.79. The molecule has 0 aromatic carbocycles. The first kappa shape index (κ1) is 13.6. The minimum absolute atomic E-state index is 0.0560. The second-order valence-electron chi connectivity index (χ2n) is 4.26. The molecular weight excluding hydrogens is 270 g/mol. The highest BCUT2D eigenvalue weighted by Gasteiger charge is 2.45. The zero-order chi connectivity index (χ0) is 13.2. The van der Waals surface area contributed by atoms with Gasteiger partial charge in [0.1, 0.15) is 5.69 Å². The summed E-state index contributed by atoms with van der Waals surface area (Å²) in [6.45, 7) is 2.08. The third kappa shape index (κ3) is 2.45. The summed E-state index contributed by atoms with van der Waals surface area (Å²) in [5, 5.41) is 0. The number of nitrogens with zero attached hydrogens (tertiary/aromatic N) is 1. The Labute approximate surface area is 115 Å². The van der Waals surface area contributed by atoms with E-state index < -0.39 is 4.21 Å². The van der Waals surface area contributed by atoms with Crippen molar-refractivity contribution in [3.05, 3.63) is 29.6 Å². The van der Waals surface area contributed by atoms with Crippen LogP contribution in [0.3, 0.4) is 0 Å². The first-order valence-electron chi connectivity index (χ1n) is 5.94. The SMILES string of the molecule is CCCCSC1(Cl)CC(=O)c2cccnc2C1=O. The van der Waals surface area contributed by atoms with Gasteiger partial charge in [-0.1, -0.05) is 24.9 Å². The van der Waals surface area contributed by atoms with E-state index in [1.807, 2.05) is 0 Å². The highest BCUT2D eigenvalue weighted by molar-refractivity contribution is 8.02. The fourth-order valence-electron chi connectivity index (χ4n) is 1.86. The molecule has 1 aromatic heterocycles. The smallest absolute Gasteiger partial charge is 0.213 e. The Morgan fingerprint density at radius 1 is 1.50 bits per heavy atom. The van der Waals surface area contributed by atoms with Crippen molar-refractivity contribution < 1.29 is 9.59 Å². The van der Waals surface area contributed by atoms with Crippen molar-refractivity contribution in [2.45, 2.75) is 30.4 Å². The van der Waals surface area contributed by atoms with E-state index in [4.69, 9.17) is 11.6 Å². The topological polar surface area (TPSA) is 47.0 Å². The summed E-state index contributed by atoms with van der Waals surface area (Å²) in [7, 11) is 0. The van der Waals surface area contributed by atoms with Gasteiger partial charge in [-0.25, -0.2) is 0 Å². The lowest BCUT2D eigenvalue weighted by molar-refractivity contribution is 0.0878. The maximum atomic E-state index is 12.3. The molecule has 0 aliphatic heterocycles. The van der Waals surface area contributed by atoms with E-state index in [1.165, 1.54) is 18.0 Å². The van der Waals surface area contributed by atoms with Crippen LogP contribution in [0.15, 0.2) is 18.3 Å². The average molecular weight is 284 g/mol. The fourth-order valence-corrected chi connectivity index (χ4v) is 3.52. The lowest BCUT2D eigenvalue weighted by Gasteiger charge is -2.28. The lowest BCUT2D eigenvalue weighted by Crippen LogP contribution is -2.38. The fraction of sp³-hybridized carbons (Fsp3) is 0.462. The molecule has 0 saturated heterocycles. The second-order valence-corrected chi connectivity index (χ2v) is 6.52. The molecule has 1 unspecified atom stereocenters. The van der Waals surface area contributed by atoms with Crippen LogP contribution in [-0.4, -0.2) is 26.5 Å². The first-order valence-corrected chi connectivity index (χ1v) is 7.30. The van der Waals surface area contributed by atoms with Crippen molar-refractivity contribution in [3.63, 3.8) is 0 Å². The van der Waals surface area contributed by atoms with E-state index in [9.17, 15) is 9.59 Å². The van der Waals surface area contributed by atoms with Crippen molar-refractivity contribution in [2.75, 3.05) is 5.75 Å². The molecule has 5 heteroatoms. The van der Waals surface area contributed by atoms with Crippen molar-refractivity contribution in [2.24, 2.45) is 0 Å². The maximum Gasteiger partial charge on any atom is 0.213 e. The molecule has 1 heterocycles. The summed E-state index contributed by atoms with van der Waals surface area (Å²) in [6.07, 6.45) is 3.59. The first-order chi connectivity index (χ1) is 8.58. The number of fused-ring (bicyclic) bond motifs is 1. The van der Waals surface area contributed by atoms with Gasteiger partial charge in [-0.05, 0) is 24.3 Å². The number of aromatic nitrogens is 1. The van der Waals surface area contributed by atoms with Gasteiger partial charge in [0.15, 0.2) is 9.99 Å². The number of halogens is 1. The second kappa shape index (κ2) is 5.41. The lowest BCUT2D eigenvalue weighted by atomic mass is 9.93. The number of alkyl halides is 1. The number of ketones is 2. The number of Topliss-reactive ketones (excluding diaryl/α,β-unsaturated/α-hetero) is 2. The summed E-state index contributed by atoms with van der Waals surface area (Å²) >= 11 is 7.69. The Hall–Kier alpha value is -0.870. The monoisotopic (exact) mass is 283 g/mol. The molecule has 0 bridgehead atoms. The molecular formula is C13H14ClNO2S. The van der Waals surface area contributed by atoms with Crippen molar-refractivity contribution >= 4 is 34.9 Å². The van der Waals surface area contributed by atoms with Gasteiger partial charge in [-0.15, -0.1) is 11.8 Å². The van der Waals surface area contributed by atoms with Crippen LogP contribution in [0, 0.1) is 0 Å². The Morgan fingerprint density at radius 3 is 3.00 bits per heavy atom.